The van der Waals surface area contributed by atoms with Crippen molar-refractivity contribution in [3.05, 3.63) is 102 Å². The van der Waals surface area contributed by atoms with Crippen molar-refractivity contribution in [2.45, 2.75) is 13.0 Å². The van der Waals surface area contributed by atoms with Crippen LogP contribution in [0.5, 0.6) is 0 Å². The van der Waals surface area contributed by atoms with Crippen LogP contribution >= 0.6 is 0 Å². The smallest absolute Gasteiger partial charge is 0.323 e. The van der Waals surface area contributed by atoms with Gasteiger partial charge in [0, 0.05) is 17.5 Å². The Morgan fingerprint density at radius 1 is 0.867 bits per heavy atom. The monoisotopic (exact) mass is 403 g/mol. The Morgan fingerprint density at radius 2 is 1.53 bits per heavy atom. The van der Waals surface area contributed by atoms with E-state index in [1.54, 1.807) is 42.5 Å². The van der Waals surface area contributed by atoms with E-state index >= 15 is 0 Å². The molecule has 0 saturated heterocycles. The normalized spacial score (nSPS) is 11.7. The Morgan fingerprint density at radius 3 is 2.20 bits per heavy atom. The van der Waals surface area contributed by atoms with Gasteiger partial charge in [-0.2, -0.15) is 0 Å². The van der Waals surface area contributed by atoms with Gasteiger partial charge in [0.15, 0.2) is 0 Å². The van der Waals surface area contributed by atoms with Crippen molar-refractivity contribution in [2.75, 3.05) is 10.6 Å². The van der Waals surface area contributed by atoms with E-state index in [1.807, 2.05) is 37.3 Å². The first-order valence-electron chi connectivity index (χ1n) is 9.47. The van der Waals surface area contributed by atoms with Gasteiger partial charge in [0.2, 0.25) is 5.91 Å². The van der Waals surface area contributed by atoms with Gasteiger partial charge in [-0.1, -0.05) is 42.5 Å². The largest absolute Gasteiger partial charge is 0.346 e. The summed E-state index contributed by atoms with van der Waals surface area (Å²) in [5.41, 5.74) is 2.84. The van der Waals surface area contributed by atoms with Gasteiger partial charge in [-0.05, 0) is 60.5 Å². The molecule has 0 aliphatic rings. The molecule has 0 radical (unpaired) electrons. The third kappa shape index (κ3) is 6.31. The minimum Gasteiger partial charge on any atom is -0.346 e. The molecule has 1 atom stereocenters. The molecule has 3 amide bonds. The first-order valence-corrected chi connectivity index (χ1v) is 9.47. The number of para-hydroxylation sites is 1. The molecule has 0 aliphatic heterocycles. The molecule has 3 N–H and O–H groups in total. The number of halogens is 1. The van der Waals surface area contributed by atoms with E-state index in [-0.39, 0.29) is 23.8 Å². The molecule has 0 bridgehead atoms. The average Bonchev–Trinajstić information content (AvgIpc) is 2.73. The van der Waals surface area contributed by atoms with E-state index in [9.17, 15) is 14.0 Å². The maximum atomic E-state index is 13.2. The van der Waals surface area contributed by atoms with E-state index in [2.05, 4.69) is 16.0 Å². The number of amides is 3. The Kier molecular flexibility index (Phi) is 6.95. The van der Waals surface area contributed by atoms with Crippen molar-refractivity contribution in [3.8, 4) is 0 Å². The maximum absolute atomic E-state index is 13.2. The van der Waals surface area contributed by atoms with Crippen LogP contribution < -0.4 is 16.0 Å². The summed E-state index contributed by atoms with van der Waals surface area (Å²) in [6, 6.07) is 21.8. The topological polar surface area (TPSA) is 70.2 Å². The predicted molar refractivity (Wildman–Crippen MR) is 118 cm³/mol. The van der Waals surface area contributed by atoms with Crippen LogP contribution in [0, 0.1) is 5.82 Å². The number of hydrogen-bond donors (Lipinski definition) is 3. The third-order valence-corrected chi connectivity index (χ3v) is 4.33. The van der Waals surface area contributed by atoms with Crippen molar-refractivity contribution in [1.82, 2.24) is 5.32 Å². The molecule has 0 saturated carbocycles. The molecule has 0 spiro atoms. The number of carbonyl (C=O) groups excluding carboxylic acids is 2. The van der Waals surface area contributed by atoms with Crippen molar-refractivity contribution in [1.29, 1.82) is 0 Å². The Labute approximate surface area is 174 Å². The first kappa shape index (κ1) is 20.8. The van der Waals surface area contributed by atoms with Crippen LogP contribution in [0.15, 0.2) is 84.9 Å². The highest BCUT2D eigenvalue weighted by Gasteiger charge is 2.08. The molecular weight excluding hydrogens is 381 g/mol. The zero-order valence-corrected chi connectivity index (χ0v) is 16.4. The molecule has 3 rings (SSSR count). The molecule has 0 fully saturated rings. The summed E-state index contributed by atoms with van der Waals surface area (Å²) in [6.07, 6.45) is 2.93. The lowest BCUT2D eigenvalue weighted by Crippen LogP contribution is -2.24. The van der Waals surface area contributed by atoms with Crippen LogP contribution in [-0.4, -0.2) is 11.9 Å². The fourth-order valence-corrected chi connectivity index (χ4v) is 2.80. The van der Waals surface area contributed by atoms with E-state index in [1.165, 1.54) is 18.2 Å². The van der Waals surface area contributed by atoms with Crippen molar-refractivity contribution in [3.63, 3.8) is 0 Å². The lowest BCUT2D eigenvalue weighted by Gasteiger charge is -2.14. The molecule has 0 heterocycles. The maximum Gasteiger partial charge on any atom is 0.323 e. The van der Waals surface area contributed by atoms with Gasteiger partial charge < -0.3 is 16.0 Å². The van der Waals surface area contributed by atoms with Crippen molar-refractivity contribution < 1.29 is 14.0 Å². The first-order chi connectivity index (χ1) is 14.5. The molecule has 6 heteroatoms. The summed E-state index contributed by atoms with van der Waals surface area (Å²) in [6.45, 7) is 1.86. The second kappa shape index (κ2) is 10.0. The van der Waals surface area contributed by atoms with Gasteiger partial charge >= 0.3 is 6.03 Å². The standard InChI is InChI=1S/C24H22FN3O2/c1-17(26-23(29)15-10-18-6-5-7-20(25)16-18)19-11-13-22(14-12-19)28-24(30)27-21-8-3-2-4-9-21/h2-17H,1H3,(H,26,29)(H2,27,28,30)/b15-10+. The highest BCUT2D eigenvalue weighted by atomic mass is 19.1. The zero-order chi connectivity index (χ0) is 21.3. The fraction of sp³-hybridized carbons (Fsp3) is 0.0833. The van der Waals surface area contributed by atoms with Crippen molar-refractivity contribution >= 4 is 29.4 Å². The van der Waals surface area contributed by atoms with Crippen LogP contribution in [-0.2, 0) is 4.79 Å². The second-order valence-electron chi connectivity index (χ2n) is 6.69. The average molecular weight is 403 g/mol. The van der Waals surface area contributed by atoms with Gasteiger partial charge in [0.25, 0.3) is 0 Å². The summed E-state index contributed by atoms with van der Waals surface area (Å²) >= 11 is 0. The number of urea groups is 1. The third-order valence-electron chi connectivity index (χ3n) is 4.33. The minimum absolute atomic E-state index is 0.234. The fourth-order valence-electron chi connectivity index (χ4n) is 2.80. The number of benzene rings is 3. The summed E-state index contributed by atoms with van der Waals surface area (Å²) in [4.78, 5) is 24.2. The molecular formula is C24H22FN3O2. The molecule has 3 aromatic rings. The van der Waals surface area contributed by atoms with Crippen LogP contribution in [0.1, 0.15) is 24.1 Å². The molecule has 1 unspecified atom stereocenters. The lowest BCUT2D eigenvalue weighted by molar-refractivity contribution is -0.117. The van der Waals surface area contributed by atoms with Crippen LogP contribution in [0.4, 0.5) is 20.6 Å². The Hall–Kier alpha value is -3.93. The highest BCUT2D eigenvalue weighted by molar-refractivity contribution is 5.99. The molecule has 0 aromatic heterocycles. The molecule has 152 valence electrons. The van der Waals surface area contributed by atoms with E-state index < -0.39 is 0 Å². The van der Waals surface area contributed by atoms with E-state index in [0.29, 0.717) is 16.9 Å². The van der Waals surface area contributed by atoms with Crippen LogP contribution in [0.3, 0.4) is 0 Å². The van der Waals surface area contributed by atoms with Crippen molar-refractivity contribution in [2.24, 2.45) is 0 Å². The second-order valence-corrected chi connectivity index (χ2v) is 6.69. The summed E-state index contributed by atoms with van der Waals surface area (Å²) in [7, 11) is 0. The molecule has 5 nitrogen and oxygen atoms in total. The summed E-state index contributed by atoms with van der Waals surface area (Å²) in [5, 5.41) is 8.36. The number of hydrogen-bond acceptors (Lipinski definition) is 2. The van der Waals surface area contributed by atoms with Crippen LogP contribution in [0.25, 0.3) is 6.08 Å². The summed E-state index contributed by atoms with van der Waals surface area (Å²) in [5.74, 6) is -0.631. The number of nitrogens with one attached hydrogen (secondary N) is 3. The number of carbonyl (C=O) groups is 2. The molecule has 0 aliphatic carbocycles. The van der Waals surface area contributed by atoms with Gasteiger partial charge in [0.05, 0.1) is 6.04 Å². The minimum atomic E-state index is -0.350. The lowest BCUT2D eigenvalue weighted by atomic mass is 10.1. The Balaban J connectivity index is 1.52. The van der Waals surface area contributed by atoms with E-state index in [0.717, 1.165) is 5.56 Å². The number of anilines is 2. The molecule has 30 heavy (non-hydrogen) atoms. The van der Waals surface area contributed by atoms with Crippen LogP contribution in [0.2, 0.25) is 0 Å². The van der Waals surface area contributed by atoms with Gasteiger partial charge in [-0.3, -0.25) is 4.79 Å². The highest BCUT2D eigenvalue weighted by Crippen LogP contribution is 2.17. The quantitative estimate of drug-likeness (QED) is 0.485. The zero-order valence-electron chi connectivity index (χ0n) is 16.4. The number of rotatable bonds is 6. The van der Waals surface area contributed by atoms with Gasteiger partial charge in [-0.15, -0.1) is 0 Å². The Bertz CT molecular complexity index is 1030. The van der Waals surface area contributed by atoms with Gasteiger partial charge in [-0.25, -0.2) is 9.18 Å². The van der Waals surface area contributed by atoms with Gasteiger partial charge in [0.1, 0.15) is 5.82 Å². The summed E-state index contributed by atoms with van der Waals surface area (Å²) < 4.78 is 13.2. The van der Waals surface area contributed by atoms with E-state index in [4.69, 9.17) is 0 Å². The molecule has 3 aromatic carbocycles. The SMILES string of the molecule is CC(NC(=O)/C=C/c1cccc(F)c1)c1ccc(NC(=O)Nc2ccccc2)cc1. The predicted octanol–water partition coefficient (Wildman–Crippen LogP) is 5.36.